The molecule has 0 aromatic carbocycles. The van der Waals surface area contributed by atoms with E-state index in [9.17, 15) is 9.59 Å². The lowest BCUT2D eigenvalue weighted by atomic mass is 9.79. The number of esters is 1. The fraction of sp³-hybridized carbons (Fsp3) is 0.692. The van der Waals surface area contributed by atoms with Crippen LogP contribution in [0, 0.1) is 17.3 Å². The Balaban J connectivity index is 1.70. The maximum atomic E-state index is 11.1. The van der Waals surface area contributed by atoms with Gasteiger partial charge in [0.15, 0.2) is 0 Å². The van der Waals surface area contributed by atoms with Gasteiger partial charge in [0.1, 0.15) is 6.10 Å². The molecule has 1 aliphatic heterocycles. The Morgan fingerprint density at radius 3 is 2.94 bits per heavy atom. The third-order valence-corrected chi connectivity index (χ3v) is 4.40. The van der Waals surface area contributed by atoms with Crippen molar-refractivity contribution in [1.82, 2.24) is 0 Å². The van der Waals surface area contributed by atoms with Gasteiger partial charge in [0.2, 0.25) is 0 Å². The van der Waals surface area contributed by atoms with Crippen molar-refractivity contribution >= 4 is 11.9 Å². The Kier molecular flexibility index (Phi) is 2.28. The molecule has 2 aliphatic carbocycles. The molecule has 3 rings (SSSR count). The zero-order chi connectivity index (χ0) is 12.0. The van der Waals surface area contributed by atoms with Crippen molar-refractivity contribution in [3.05, 3.63) is 12.2 Å². The van der Waals surface area contributed by atoms with E-state index < -0.39 is 5.97 Å². The second kappa shape index (κ2) is 3.59. The average Bonchev–Trinajstić information content (AvgIpc) is 2.92. The molecule has 0 amide bonds. The monoisotopic (exact) mass is 236 g/mol. The molecule has 2 fully saturated rings. The Morgan fingerprint density at radius 1 is 1.53 bits per heavy atom. The van der Waals surface area contributed by atoms with E-state index in [1.54, 1.807) is 0 Å². The van der Waals surface area contributed by atoms with E-state index in [1.807, 2.05) is 6.08 Å². The molecule has 4 atom stereocenters. The number of hydrogen-bond donors (Lipinski definition) is 1. The molecule has 1 saturated carbocycles. The van der Waals surface area contributed by atoms with Crippen LogP contribution in [-0.4, -0.2) is 23.1 Å². The minimum Gasteiger partial charge on any atom is -0.481 e. The Morgan fingerprint density at radius 2 is 2.35 bits per heavy atom. The zero-order valence-corrected chi connectivity index (χ0v) is 9.59. The van der Waals surface area contributed by atoms with Crippen LogP contribution < -0.4 is 0 Å². The van der Waals surface area contributed by atoms with Crippen molar-refractivity contribution in [2.45, 2.75) is 38.2 Å². The van der Waals surface area contributed by atoms with Crippen molar-refractivity contribution in [2.24, 2.45) is 17.3 Å². The van der Waals surface area contributed by atoms with Gasteiger partial charge in [-0.3, -0.25) is 9.59 Å². The average molecular weight is 236 g/mol. The van der Waals surface area contributed by atoms with E-state index in [1.165, 1.54) is 0 Å². The number of carboxylic acids is 1. The maximum absolute atomic E-state index is 11.1. The van der Waals surface area contributed by atoms with Gasteiger partial charge in [-0.2, -0.15) is 0 Å². The first kappa shape index (κ1) is 10.8. The van der Waals surface area contributed by atoms with Gasteiger partial charge in [0, 0.05) is 6.42 Å². The topological polar surface area (TPSA) is 63.6 Å². The van der Waals surface area contributed by atoms with Crippen molar-refractivity contribution in [2.75, 3.05) is 0 Å². The third-order valence-electron chi connectivity index (χ3n) is 4.40. The fourth-order valence-corrected chi connectivity index (χ4v) is 3.64. The van der Waals surface area contributed by atoms with Crippen molar-refractivity contribution in [3.63, 3.8) is 0 Å². The standard InChI is InChI=1S/C13H16O4/c14-11-2-1-9(17-11)6-13-4-3-8(5-13)10(7-13)12(15)16/h3-4,8-10H,1-2,5-7H2,(H,15,16). The number of ether oxygens (including phenoxy) is 1. The number of carbonyl (C=O) groups excluding carboxylic acids is 1. The summed E-state index contributed by atoms with van der Waals surface area (Å²) < 4.78 is 5.24. The molecule has 0 radical (unpaired) electrons. The van der Waals surface area contributed by atoms with Crippen LogP contribution >= 0.6 is 0 Å². The maximum Gasteiger partial charge on any atom is 0.307 e. The molecule has 4 unspecified atom stereocenters. The number of carbonyl (C=O) groups is 2. The van der Waals surface area contributed by atoms with Gasteiger partial charge in [-0.05, 0) is 37.0 Å². The number of fused-ring (bicyclic) bond motifs is 2. The molecular formula is C13H16O4. The molecule has 17 heavy (non-hydrogen) atoms. The summed E-state index contributed by atoms with van der Waals surface area (Å²) in [5.41, 5.74) is -0.0248. The Bertz CT molecular complexity index is 400. The summed E-state index contributed by atoms with van der Waals surface area (Å²) in [5, 5.41) is 9.13. The molecule has 0 aromatic heterocycles. The SMILES string of the molecule is O=C1CCC(CC23C=CC(C2)C(C(=O)O)C3)O1. The quantitative estimate of drug-likeness (QED) is 0.599. The van der Waals surface area contributed by atoms with Gasteiger partial charge >= 0.3 is 11.9 Å². The number of aliphatic carboxylic acids is 1. The highest BCUT2D eigenvalue weighted by atomic mass is 16.5. The van der Waals surface area contributed by atoms with Gasteiger partial charge in [-0.25, -0.2) is 0 Å². The molecule has 0 spiro atoms. The van der Waals surface area contributed by atoms with Gasteiger partial charge < -0.3 is 9.84 Å². The highest BCUT2D eigenvalue weighted by Crippen LogP contribution is 2.55. The molecule has 4 nitrogen and oxygen atoms in total. The lowest BCUT2D eigenvalue weighted by Crippen LogP contribution is -2.24. The molecule has 1 heterocycles. The highest BCUT2D eigenvalue weighted by Gasteiger charge is 2.51. The molecule has 4 heteroatoms. The summed E-state index contributed by atoms with van der Waals surface area (Å²) >= 11 is 0. The minimum atomic E-state index is -0.690. The van der Waals surface area contributed by atoms with Crippen LogP contribution in [-0.2, 0) is 14.3 Å². The molecule has 3 aliphatic rings. The number of cyclic esters (lactones) is 1. The predicted molar refractivity (Wildman–Crippen MR) is 59.2 cm³/mol. The molecule has 1 N–H and O–H groups in total. The van der Waals surface area contributed by atoms with Crippen LogP contribution in [0.25, 0.3) is 0 Å². The highest BCUT2D eigenvalue weighted by molar-refractivity contribution is 5.72. The van der Waals surface area contributed by atoms with E-state index in [0.717, 1.165) is 19.3 Å². The van der Waals surface area contributed by atoms with Crippen LogP contribution in [0.4, 0.5) is 0 Å². The third kappa shape index (κ3) is 1.75. The number of allylic oxidation sites excluding steroid dienone is 2. The molecule has 0 aromatic rings. The van der Waals surface area contributed by atoms with Crippen LogP contribution in [0.2, 0.25) is 0 Å². The number of rotatable bonds is 3. The van der Waals surface area contributed by atoms with Gasteiger partial charge in [-0.15, -0.1) is 0 Å². The Hall–Kier alpha value is -1.32. The lowest BCUT2D eigenvalue weighted by molar-refractivity contribution is -0.144. The smallest absolute Gasteiger partial charge is 0.307 e. The molecular weight excluding hydrogens is 220 g/mol. The van der Waals surface area contributed by atoms with Gasteiger partial charge in [0.05, 0.1) is 5.92 Å². The summed E-state index contributed by atoms with van der Waals surface area (Å²) in [5.74, 6) is -0.857. The lowest BCUT2D eigenvalue weighted by Gasteiger charge is -2.27. The summed E-state index contributed by atoms with van der Waals surface area (Å²) in [6, 6.07) is 0. The zero-order valence-electron chi connectivity index (χ0n) is 9.59. The Labute approximate surface area is 99.6 Å². The number of carboxylic acid groups (broad SMARTS) is 1. The summed E-state index contributed by atoms with van der Waals surface area (Å²) in [7, 11) is 0. The first-order valence-electron chi connectivity index (χ1n) is 6.20. The normalized spacial score (nSPS) is 43.1. The van der Waals surface area contributed by atoms with E-state index in [2.05, 4.69) is 6.08 Å². The van der Waals surface area contributed by atoms with E-state index in [0.29, 0.717) is 12.8 Å². The largest absolute Gasteiger partial charge is 0.481 e. The van der Waals surface area contributed by atoms with E-state index >= 15 is 0 Å². The molecule has 1 saturated heterocycles. The van der Waals surface area contributed by atoms with Gasteiger partial charge in [0.25, 0.3) is 0 Å². The molecule has 92 valence electrons. The predicted octanol–water partition coefficient (Wildman–Crippen LogP) is 1.75. The van der Waals surface area contributed by atoms with Gasteiger partial charge in [-0.1, -0.05) is 12.2 Å². The van der Waals surface area contributed by atoms with Crippen molar-refractivity contribution in [3.8, 4) is 0 Å². The fourth-order valence-electron chi connectivity index (χ4n) is 3.64. The van der Waals surface area contributed by atoms with Crippen LogP contribution in [0.3, 0.4) is 0 Å². The van der Waals surface area contributed by atoms with E-state index in [-0.39, 0.29) is 29.3 Å². The first-order chi connectivity index (χ1) is 8.08. The summed E-state index contributed by atoms with van der Waals surface area (Å²) in [4.78, 5) is 22.2. The van der Waals surface area contributed by atoms with Crippen LogP contribution in [0.5, 0.6) is 0 Å². The summed E-state index contributed by atoms with van der Waals surface area (Å²) in [6.45, 7) is 0. The van der Waals surface area contributed by atoms with Crippen LogP contribution in [0.1, 0.15) is 32.1 Å². The second-order valence-corrected chi connectivity index (χ2v) is 5.59. The summed E-state index contributed by atoms with van der Waals surface area (Å²) in [6.07, 6.45) is 7.92. The minimum absolute atomic E-state index is 0.00144. The first-order valence-corrected chi connectivity index (χ1v) is 6.20. The van der Waals surface area contributed by atoms with Crippen LogP contribution in [0.15, 0.2) is 12.2 Å². The molecule has 2 bridgehead atoms. The van der Waals surface area contributed by atoms with Crippen molar-refractivity contribution < 1.29 is 19.4 Å². The second-order valence-electron chi connectivity index (χ2n) is 5.59. The van der Waals surface area contributed by atoms with Crippen molar-refractivity contribution in [1.29, 1.82) is 0 Å². The van der Waals surface area contributed by atoms with E-state index in [4.69, 9.17) is 9.84 Å². The number of hydrogen-bond acceptors (Lipinski definition) is 3.